The van der Waals surface area contributed by atoms with Gasteiger partial charge in [-0.3, -0.25) is 9.59 Å². The van der Waals surface area contributed by atoms with Crippen LogP contribution in [-0.4, -0.2) is 48.5 Å². The maximum absolute atomic E-state index is 13.4. The van der Waals surface area contributed by atoms with Crippen molar-refractivity contribution in [3.05, 3.63) is 100 Å². The molecule has 1 saturated heterocycles. The molecule has 1 aliphatic rings. The average molecular weight is 516 g/mol. The van der Waals surface area contributed by atoms with E-state index in [-0.39, 0.29) is 17.9 Å². The maximum atomic E-state index is 13.4. The molecular formula is C30H29NO7. The standard InChI is InChI=1S/C30H29NO7/c1-5-38-24-14-13-22(15-18(24)2)27(32)25-26(21-7-6-8-23(16-21)36-3)31(29(34)28(25)33)17-19-9-11-20(12-10-19)30(35)37-4/h6-16,26,32H,5,17H2,1-4H3/b27-25-. The first-order valence-corrected chi connectivity index (χ1v) is 12.1. The highest BCUT2D eigenvalue weighted by Crippen LogP contribution is 2.41. The largest absolute Gasteiger partial charge is 0.507 e. The van der Waals surface area contributed by atoms with Gasteiger partial charge in [0.15, 0.2) is 0 Å². The van der Waals surface area contributed by atoms with E-state index in [0.29, 0.717) is 40.4 Å². The van der Waals surface area contributed by atoms with Gasteiger partial charge in [0, 0.05) is 12.1 Å². The number of nitrogens with zero attached hydrogens (tertiary/aromatic N) is 1. The molecule has 38 heavy (non-hydrogen) atoms. The number of Topliss-reactive ketones (excluding diaryl/α,β-unsaturated/α-hetero) is 1. The number of carbonyl (C=O) groups is 3. The van der Waals surface area contributed by atoms with Crippen molar-refractivity contribution in [2.75, 3.05) is 20.8 Å². The molecule has 0 bridgehead atoms. The van der Waals surface area contributed by atoms with Gasteiger partial charge in [-0.15, -0.1) is 0 Å². The van der Waals surface area contributed by atoms with E-state index in [1.807, 2.05) is 13.8 Å². The third-order valence-corrected chi connectivity index (χ3v) is 6.43. The van der Waals surface area contributed by atoms with Crippen molar-refractivity contribution in [2.24, 2.45) is 0 Å². The van der Waals surface area contributed by atoms with E-state index in [4.69, 9.17) is 14.2 Å². The lowest BCUT2D eigenvalue weighted by Gasteiger charge is -2.26. The SMILES string of the molecule is CCOc1ccc(/C(O)=C2/C(=O)C(=O)N(Cc3ccc(C(=O)OC)cc3)C2c2cccc(OC)c2)cc1C. The predicted octanol–water partition coefficient (Wildman–Crippen LogP) is 4.81. The number of amides is 1. The van der Waals surface area contributed by atoms with Gasteiger partial charge in [0.2, 0.25) is 0 Å². The molecule has 1 fully saturated rings. The molecule has 3 aromatic rings. The van der Waals surface area contributed by atoms with Gasteiger partial charge >= 0.3 is 5.97 Å². The van der Waals surface area contributed by atoms with Crippen molar-refractivity contribution in [3.8, 4) is 11.5 Å². The van der Waals surface area contributed by atoms with Gasteiger partial charge in [-0.1, -0.05) is 24.3 Å². The summed E-state index contributed by atoms with van der Waals surface area (Å²) < 4.78 is 15.7. The van der Waals surface area contributed by atoms with Crippen molar-refractivity contribution in [1.82, 2.24) is 4.90 Å². The molecule has 1 unspecified atom stereocenters. The van der Waals surface area contributed by atoms with Crippen LogP contribution in [0.1, 0.15) is 45.6 Å². The number of carbonyl (C=O) groups excluding carboxylic acids is 3. The zero-order chi connectivity index (χ0) is 27.4. The van der Waals surface area contributed by atoms with E-state index in [1.165, 1.54) is 19.1 Å². The normalized spacial score (nSPS) is 16.4. The Balaban J connectivity index is 1.81. The summed E-state index contributed by atoms with van der Waals surface area (Å²) in [6.45, 7) is 4.30. The van der Waals surface area contributed by atoms with Crippen molar-refractivity contribution in [2.45, 2.75) is 26.4 Å². The number of methoxy groups -OCH3 is 2. The third kappa shape index (κ3) is 5.11. The van der Waals surface area contributed by atoms with Gasteiger partial charge < -0.3 is 24.2 Å². The molecule has 0 saturated carbocycles. The fraction of sp³-hybridized carbons (Fsp3) is 0.233. The first kappa shape index (κ1) is 26.5. The second-order valence-electron chi connectivity index (χ2n) is 8.81. The number of ether oxygens (including phenoxy) is 3. The Labute approximate surface area is 221 Å². The number of benzene rings is 3. The van der Waals surface area contributed by atoms with E-state index < -0.39 is 23.7 Å². The van der Waals surface area contributed by atoms with Crippen LogP contribution in [0.25, 0.3) is 5.76 Å². The number of ketones is 1. The minimum Gasteiger partial charge on any atom is -0.507 e. The summed E-state index contributed by atoms with van der Waals surface area (Å²) in [5.74, 6) is -1.05. The smallest absolute Gasteiger partial charge is 0.337 e. The summed E-state index contributed by atoms with van der Waals surface area (Å²) >= 11 is 0. The molecule has 8 nitrogen and oxygen atoms in total. The Morgan fingerprint density at radius 2 is 1.68 bits per heavy atom. The lowest BCUT2D eigenvalue weighted by Crippen LogP contribution is -2.29. The van der Waals surface area contributed by atoms with Crippen LogP contribution in [0.15, 0.2) is 72.3 Å². The molecular weight excluding hydrogens is 486 g/mol. The predicted molar refractivity (Wildman–Crippen MR) is 141 cm³/mol. The number of hydrogen-bond acceptors (Lipinski definition) is 7. The molecule has 0 radical (unpaired) electrons. The molecule has 1 aliphatic heterocycles. The summed E-state index contributed by atoms with van der Waals surface area (Å²) in [6, 6.07) is 17.9. The summed E-state index contributed by atoms with van der Waals surface area (Å²) in [5, 5.41) is 11.4. The third-order valence-electron chi connectivity index (χ3n) is 6.43. The fourth-order valence-electron chi connectivity index (χ4n) is 4.53. The topological polar surface area (TPSA) is 102 Å². The van der Waals surface area contributed by atoms with Gasteiger partial charge in [-0.2, -0.15) is 0 Å². The number of esters is 1. The molecule has 1 amide bonds. The van der Waals surface area contributed by atoms with Crippen LogP contribution in [-0.2, 0) is 20.9 Å². The molecule has 1 atom stereocenters. The number of aryl methyl sites for hydroxylation is 1. The van der Waals surface area contributed by atoms with Crippen LogP contribution in [0.5, 0.6) is 11.5 Å². The van der Waals surface area contributed by atoms with Crippen molar-refractivity contribution in [1.29, 1.82) is 0 Å². The summed E-state index contributed by atoms with van der Waals surface area (Å²) in [4.78, 5) is 39.9. The van der Waals surface area contributed by atoms with Crippen LogP contribution >= 0.6 is 0 Å². The highest BCUT2D eigenvalue weighted by molar-refractivity contribution is 6.46. The van der Waals surface area contributed by atoms with Crippen LogP contribution in [0.2, 0.25) is 0 Å². The first-order chi connectivity index (χ1) is 18.3. The minimum atomic E-state index is -0.864. The number of rotatable bonds is 8. The van der Waals surface area contributed by atoms with Gasteiger partial charge in [0.1, 0.15) is 17.3 Å². The number of likely N-dealkylation sites (tertiary alicyclic amines) is 1. The maximum Gasteiger partial charge on any atom is 0.337 e. The molecule has 4 rings (SSSR count). The van der Waals surface area contributed by atoms with Gasteiger partial charge in [-0.25, -0.2) is 4.79 Å². The van der Waals surface area contributed by atoms with E-state index in [1.54, 1.807) is 66.7 Å². The van der Waals surface area contributed by atoms with Crippen LogP contribution < -0.4 is 9.47 Å². The Morgan fingerprint density at radius 3 is 2.32 bits per heavy atom. The highest BCUT2D eigenvalue weighted by Gasteiger charge is 2.46. The molecule has 196 valence electrons. The summed E-state index contributed by atoms with van der Waals surface area (Å²) in [7, 11) is 2.83. The van der Waals surface area contributed by atoms with Crippen LogP contribution in [0, 0.1) is 6.92 Å². The van der Waals surface area contributed by atoms with Gasteiger partial charge in [0.05, 0.1) is 38.0 Å². The van der Waals surface area contributed by atoms with Crippen molar-refractivity contribution in [3.63, 3.8) is 0 Å². The fourth-order valence-corrected chi connectivity index (χ4v) is 4.53. The molecule has 0 spiro atoms. The second-order valence-corrected chi connectivity index (χ2v) is 8.81. The Morgan fingerprint density at radius 1 is 0.974 bits per heavy atom. The lowest BCUT2D eigenvalue weighted by molar-refractivity contribution is -0.140. The molecule has 1 N–H and O–H groups in total. The lowest BCUT2D eigenvalue weighted by atomic mass is 9.94. The molecule has 8 heteroatoms. The van der Waals surface area contributed by atoms with E-state index in [9.17, 15) is 19.5 Å². The monoisotopic (exact) mass is 515 g/mol. The molecule has 1 heterocycles. The molecule has 0 aromatic heterocycles. The number of aliphatic hydroxyl groups is 1. The van der Waals surface area contributed by atoms with E-state index in [0.717, 1.165) is 5.56 Å². The van der Waals surface area contributed by atoms with E-state index >= 15 is 0 Å². The molecule has 3 aromatic carbocycles. The quantitative estimate of drug-likeness (QED) is 0.199. The van der Waals surface area contributed by atoms with E-state index in [2.05, 4.69) is 0 Å². The first-order valence-electron chi connectivity index (χ1n) is 12.1. The molecule has 0 aliphatic carbocycles. The highest BCUT2D eigenvalue weighted by atomic mass is 16.5. The zero-order valence-corrected chi connectivity index (χ0v) is 21.7. The average Bonchev–Trinajstić information content (AvgIpc) is 3.18. The Kier molecular flexibility index (Phi) is 7.81. The Hall–Kier alpha value is -4.59. The zero-order valence-electron chi connectivity index (χ0n) is 21.7. The van der Waals surface area contributed by atoms with Crippen molar-refractivity contribution >= 4 is 23.4 Å². The second kappa shape index (κ2) is 11.2. The summed E-state index contributed by atoms with van der Waals surface area (Å²) in [5.41, 5.74) is 2.85. The minimum absolute atomic E-state index is 0.0157. The van der Waals surface area contributed by atoms with Crippen molar-refractivity contribution < 1.29 is 33.7 Å². The number of hydrogen-bond donors (Lipinski definition) is 1. The number of aliphatic hydroxyl groups excluding tert-OH is 1. The van der Waals surface area contributed by atoms with Gasteiger partial charge in [-0.05, 0) is 73.0 Å². The van der Waals surface area contributed by atoms with Gasteiger partial charge in [0.25, 0.3) is 11.7 Å². The van der Waals surface area contributed by atoms with Crippen LogP contribution in [0.3, 0.4) is 0 Å². The Bertz CT molecular complexity index is 1410. The van der Waals surface area contributed by atoms with Crippen LogP contribution in [0.4, 0.5) is 0 Å². The summed E-state index contributed by atoms with van der Waals surface area (Å²) in [6.07, 6.45) is 0.